The Balaban J connectivity index is 1.97. The molecule has 2 fully saturated rings. The van der Waals surface area contributed by atoms with Crippen molar-refractivity contribution in [1.29, 1.82) is 0 Å². The molecule has 0 unspecified atom stereocenters. The fraction of sp³-hybridized carbons (Fsp3) is 0.722. The van der Waals surface area contributed by atoms with Crippen LogP contribution in [0.1, 0.15) is 59.3 Å². The molecule has 0 atom stereocenters. The second kappa shape index (κ2) is 8.19. The summed E-state index contributed by atoms with van der Waals surface area (Å²) in [6.45, 7) is 5.54. The summed E-state index contributed by atoms with van der Waals surface area (Å²) < 4.78 is 0. The van der Waals surface area contributed by atoms with E-state index in [4.69, 9.17) is 0 Å². The van der Waals surface area contributed by atoms with Crippen LogP contribution in [0.5, 0.6) is 0 Å². The van der Waals surface area contributed by atoms with Gasteiger partial charge in [0.1, 0.15) is 6.54 Å². The van der Waals surface area contributed by atoms with Crippen LogP contribution in [0.15, 0.2) is 11.1 Å². The van der Waals surface area contributed by atoms with Crippen molar-refractivity contribution >= 4 is 29.4 Å². The summed E-state index contributed by atoms with van der Waals surface area (Å²) in [6.07, 6.45) is 8.29. The normalized spacial score (nSPS) is 21.9. The number of amides is 2. The van der Waals surface area contributed by atoms with Crippen molar-refractivity contribution < 1.29 is 14.4 Å². The van der Waals surface area contributed by atoms with E-state index in [1.165, 1.54) is 35.6 Å². The molecule has 134 valence electrons. The molecular weight excluding hydrogens is 324 g/mol. The van der Waals surface area contributed by atoms with E-state index in [-0.39, 0.29) is 30.2 Å². The zero-order chi connectivity index (χ0) is 17.7. The van der Waals surface area contributed by atoms with E-state index in [0.717, 1.165) is 25.7 Å². The number of carbonyl (C=O) groups is 3. The highest BCUT2D eigenvalue weighted by Gasteiger charge is 2.31. The second-order valence-electron chi connectivity index (χ2n) is 7.62. The minimum atomic E-state index is -0.493. The molecule has 0 aromatic heterocycles. The van der Waals surface area contributed by atoms with Crippen molar-refractivity contribution in [2.24, 2.45) is 5.41 Å². The van der Waals surface area contributed by atoms with Crippen LogP contribution in [-0.4, -0.2) is 40.8 Å². The van der Waals surface area contributed by atoms with E-state index in [9.17, 15) is 14.4 Å². The van der Waals surface area contributed by atoms with Crippen molar-refractivity contribution in [2.75, 3.05) is 12.3 Å². The number of hydrogen-bond acceptors (Lipinski definition) is 4. The Morgan fingerprint density at radius 1 is 1.21 bits per heavy atom. The quantitative estimate of drug-likeness (QED) is 0.624. The Labute approximate surface area is 148 Å². The molecule has 1 saturated heterocycles. The van der Waals surface area contributed by atoms with Crippen molar-refractivity contribution in [3.63, 3.8) is 0 Å². The van der Waals surface area contributed by atoms with Crippen LogP contribution in [0.4, 0.5) is 0 Å². The van der Waals surface area contributed by atoms with E-state index in [0.29, 0.717) is 10.8 Å². The van der Waals surface area contributed by atoms with E-state index >= 15 is 0 Å². The molecule has 2 amide bonds. The summed E-state index contributed by atoms with van der Waals surface area (Å²) in [5.41, 5.74) is -0.493. The molecule has 1 aliphatic carbocycles. The standard InChI is InChI=1S/C18H28N2O3S/c1-18(2,3)14(21)10-17-20(16(23)12-24-17)11-15(22)19-13-8-6-4-5-7-9-13/h10,13H,4-9,11-12H2,1-3H3,(H,19,22). The highest BCUT2D eigenvalue weighted by Crippen LogP contribution is 2.30. The maximum atomic E-state index is 12.3. The van der Waals surface area contributed by atoms with Crippen LogP contribution in [0, 0.1) is 5.41 Å². The van der Waals surface area contributed by atoms with Gasteiger partial charge in [0, 0.05) is 17.5 Å². The van der Waals surface area contributed by atoms with Gasteiger partial charge >= 0.3 is 0 Å². The van der Waals surface area contributed by atoms with Crippen molar-refractivity contribution in [3.05, 3.63) is 11.1 Å². The van der Waals surface area contributed by atoms with Gasteiger partial charge in [-0.3, -0.25) is 19.3 Å². The average molecular weight is 353 g/mol. The first kappa shape index (κ1) is 19.0. The number of ketones is 1. The third-order valence-corrected chi connectivity index (χ3v) is 5.45. The number of nitrogens with zero attached hydrogens (tertiary/aromatic N) is 1. The Hall–Kier alpha value is -1.30. The summed E-state index contributed by atoms with van der Waals surface area (Å²) >= 11 is 1.33. The van der Waals surface area contributed by atoms with Crippen LogP contribution in [0.2, 0.25) is 0 Å². The summed E-state index contributed by atoms with van der Waals surface area (Å²) in [5.74, 6) is 0.0182. The molecular formula is C18H28N2O3S. The summed E-state index contributed by atoms with van der Waals surface area (Å²) in [5, 5.41) is 3.65. The van der Waals surface area contributed by atoms with Gasteiger partial charge in [0.05, 0.1) is 10.8 Å². The van der Waals surface area contributed by atoms with E-state index in [1.54, 1.807) is 0 Å². The molecule has 5 nitrogen and oxygen atoms in total. The van der Waals surface area contributed by atoms with Crippen molar-refractivity contribution in [2.45, 2.75) is 65.3 Å². The number of carbonyl (C=O) groups excluding carboxylic acids is 3. The molecule has 24 heavy (non-hydrogen) atoms. The Bertz CT molecular complexity index is 529. The summed E-state index contributed by atoms with van der Waals surface area (Å²) in [4.78, 5) is 38.0. The van der Waals surface area contributed by atoms with Gasteiger partial charge in [-0.25, -0.2) is 0 Å². The first-order valence-corrected chi connectivity index (χ1v) is 9.74. The molecule has 0 aromatic rings. The third-order valence-electron chi connectivity index (χ3n) is 4.43. The van der Waals surface area contributed by atoms with Gasteiger partial charge in [-0.15, -0.1) is 0 Å². The average Bonchev–Trinajstić information content (AvgIpc) is 2.70. The molecule has 1 N–H and O–H groups in total. The van der Waals surface area contributed by atoms with Gasteiger partial charge in [0.15, 0.2) is 5.78 Å². The zero-order valence-corrected chi connectivity index (χ0v) is 15.7. The maximum absolute atomic E-state index is 12.3. The minimum Gasteiger partial charge on any atom is -0.352 e. The number of hydrogen-bond donors (Lipinski definition) is 1. The van der Waals surface area contributed by atoms with Gasteiger partial charge in [-0.05, 0) is 12.8 Å². The third kappa shape index (κ3) is 5.36. The summed E-state index contributed by atoms with van der Waals surface area (Å²) in [6, 6.07) is 0.217. The fourth-order valence-electron chi connectivity index (χ4n) is 2.87. The highest BCUT2D eigenvalue weighted by atomic mass is 32.2. The molecule has 1 saturated carbocycles. The number of nitrogens with one attached hydrogen (secondary N) is 1. The molecule has 2 aliphatic rings. The second-order valence-corrected chi connectivity index (χ2v) is 8.62. The van der Waals surface area contributed by atoms with Gasteiger partial charge < -0.3 is 5.32 Å². The Kier molecular flexibility index (Phi) is 6.49. The van der Waals surface area contributed by atoms with Crippen molar-refractivity contribution in [3.8, 4) is 0 Å². The maximum Gasteiger partial charge on any atom is 0.240 e. The molecule has 0 spiro atoms. The van der Waals surface area contributed by atoms with Gasteiger partial charge in [0.25, 0.3) is 0 Å². The summed E-state index contributed by atoms with van der Waals surface area (Å²) in [7, 11) is 0. The van der Waals surface area contributed by atoms with Crippen LogP contribution in [0.3, 0.4) is 0 Å². The molecule has 0 bridgehead atoms. The van der Waals surface area contributed by atoms with Crippen LogP contribution < -0.4 is 5.32 Å². The van der Waals surface area contributed by atoms with E-state index in [1.807, 2.05) is 20.8 Å². The monoisotopic (exact) mass is 352 g/mol. The molecule has 1 aliphatic heterocycles. The zero-order valence-electron chi connectivity index (χ0n) is 14.9. The van der Waals surface area contributed by atoms with Gasteiger partial charge in [0.2, 0.25) is 11.8 Å². The fourth-order valence-corrected chi connectivity index (χ4v) is 3.81. The topological polar surface area (TPSA) is 66.5 Å². The van der Waals surface area contributed by atoms with E-state index < -0.39 is 5.41 Å². The predicted molar refractivity (Wildman–Crippen MR) is 96.3 cm³/mol. The SMILES string of the molecule is CC(C)(C)C(=O)C=C1SCC(=O)N1CC(=O)NC1CCCCCC1. The lowest BCUT2D eigenvalue weighted by molar-refractivity contribution is -0.131. The number of rotatable bonds is 4. The number of allylic oxidation sites excluding steroid dienone is 1. The van der Waals surface area contributed by atoms with Crippen LogP contribution in [0.25, 0.3) is 0 Å². The van der Waals surface area contributed by atoms with Crippen molar-refractivity contribution in [1.82, 2.24) is 10.2 Å². The smallest absolute Gasteiger partial charge is 0.240 e. The number of thioether (sulfide) groups is 1. The van der Waals surface area contributed by atoms with E-state index in [2.05, 4.69) is 5.32 Å². The first-order chi connectivity index (χ1) is 11.3. The first-order valence-electron chi connectivity index (χ1n) is 8.76. The van der Waals surface area contributed by atoms with Gasteiger partial charge in [-0.1, -0.05) is 58.2 Å². The highest BCUT2D eigenvalue weighted by molar-refractivity contribution is 8.04. The lowest BCUT2D eigenvalue weighted by atomic mass is 9.91. The molecule has 1 heterocycles. The molecule has 0 radical (unpaired) electrons. The van der Waals surface area contributed by atoms with Crippen LogP contribution >= 0.6 is 11.8 Å². The molecule has 6 heteroatoms. The Morgan fingerprint density at radius 2 is 1.83 bits per heavy atom. The minimum absolute atomic E-state index is 0.00555. The van der Waals surface area contributed by atoms with Crippen LogP contribution in [-0.2, 0) is 14.4 Å². The molecule has 2 rings (SSSR count). The lowest BCUT2D eigenvalue weighted by Crippen LogP contribution is -2.42. The molecule has 0 aromatic carbocycles. The predicted octanol–water partition coefficient (Wildman–Crippen LogP) is 2.86. The Morgan fingerprint density at radius 3 is 2.42 bits per heavy atom. The van der Waals surface area contributed by atoms with Gasteiger partial charge in [-0.2, -0.15) is 0 Å². The lowest BCUT2D eigenvalue weighted by Gasteiger charge is -2.21. The largest absolute Gasteiger partial charge is 0.352 e.